The second-order valence-electron chi connectivity index (χ2n) is 7.80. The van der Waals surface area contributed by atoms with Crippen molar-refractivity contribution < 1.29 is 13.5 Å². The van der Waals surface area contributed by atoms with Gasteiger partial charge in [-0.15, -0.1) is 0 Å². The average molecular weight is 398 g/mol. The first-order chi connectivity index (χ1) is 13.4. The molecule has 5 heteroatoms. The number of sulfone groups is 1. The van der Waals surface area contributed by atoms with Crippen LogP contribution in [-0.2, 0) is 9.84 Å². The molecule has 1 fully saturated rings. The number of hydrogen-bond donors (Lipinski definition) is 1. The molecule has 0 atom stereocenters. The van der Waals surface area contributed by atoms with Gasteiger partial charge in [0.05, 0.1) is 28.4 Å². The van der Waals surface area contributed by atoms with Crippen molar-refractivity contribution in [3.05, 3.63) is 53.6 Å². The maximum atomic E-state index is 12.7. The van der Waals surface area contributed by atoms with Gasteiger partial charge < -0.3 is 5.11 Å². The van der Waals surface area contributed by atoms with Gasteiger partial charge in [-0.05, 0) is 92.3 Å². The van der Waals surface area contributed by atoms with Gasteiger partial charge in [0.1, 0.15) is 0 Å². The van der Waals surface area contributed by atoms with E-state index in [-0.39, 0.29) is 11.9 Å². The van der Waals surface area contributed by atoms with Crippen molar-refractivity contribution in [3.8, 4) is 17.2 Å². The minimum Gasteiger partial charge on any atom is -0.393 e. The summed E-state index contributed by atoms with van der Waals surface area (Å²) in [6.45, 7) is 1.92. The van der Waals surface area contributed by atoms with Gasteiger partial charge >= 0.3 is 0 Å². The van der Waals surface area contributed by atoms with Crippen LogP contribution in [-0.4, -0.2) is 25.4 Å². The SMILES string of the molecule is Cc1cc(S(=O)(=O)CCCC2CCC(O)CC2)ccc1-c1ccc(C#N)cc1. The summed E-state index contributed by atoms with van der Waals surface area (Å²) in [5, 5.41) is 18.5. The predicted molar refractivity (Wildman–Crippen MR) is 111 cm³/mol. The highest BCUT2D eigenvalue weighted by Gasteiger charge is 2.21. The van der Waals surface area contributed by atoms with E-state index in [0.29, 0.717) is 22.8 Å². The summed E-state index contributed by atoms with van der Waals surface area (Å²) in [5.41, 5.74) is 3.46. The van der Waals surface area contributed by atoms with Crippen molar-refractivity contribution in [2.45, 2.75) is 56.4 Å². The maximum absolute atomic E-state index is 12.7. The molecule has 0 radical (unpaired) electrons. The van der Waals surface area contributed by atoms with Crippen LogP contribution in [0.5, 0.6) is 0 Å². The number of aliphatic hydroxyl groups is 1. The number of nitrogens with zero attached hydrogens (tertiary/aromatic N) is 1. The summed E-state index contributed by atoms with van der Waals surface area (Å²) in [5.74, 6) is 0.709. The summed E-state index contributed by atoms with van der Waals surface area (Å²) in [6, 6.07) is 14.7. The van der Waals surface area contributed by atoms with E-state index in [9.17, 15) is 13.5 Å². The Hall–Kier alpha value is -2.16. The highest BCUT2D eigenvalue weighted by atomic mass is 32.2. The Morgan fingerprint density at radius 3 is 2.36 bits per heavy atom. The first kappa shape index (κ1) is 20.6. The van der Waals surface area contributed by atoms with Crippen molar-refractivity contribution in [3.63, 3.8) is 0 Å². The van der Waals surface area contributed by atoms with E-state index in [0.717, 1.165) is 48.8 Å². The molecule has 3 rings (SSSR count). The second-order valence-corrected chi connectivity index (χ2v) is 9.91. The van der Waals surface area contributed by atoms with Gasteiger partial charge in [0.25, 0.3) is 0 Å². The van der Waals surface area contributed by atoms with Crippen LogP contribution in [0.2, 0.25) is 0 Å². The van der Waals surface area contributed by atoms with E-state index >= 15 is 0 Å². The highest BCUT2D eigenvalue weighted by Crippen LogP contribution is 2.29. The lowest BCUT2D eigenvalue weighted by atomic mass is 9.85. The number of aryl methyl sites for hydroxylation is 1. The molecule has 4 nitrogen and oxygen atoms in total. The largest absolute Gasteiger partial charge is 0.393 e. The molecule has 1 aliphatic carbocycles. The van der Waals surface area contributed by atoms with Crippen molar-refractivity contribution in [1.82, 2.24) is 0 Å². The number of nitriles is 1. The molecule has 0 aliphatic heterocycles. The van der Waals surface area contributed by atoms with Crippen molar-refractivity contribution in [2.75, 3.05) is 5.75 Å². The van der Waals surface area contributed by atoms with Gasteiger partial charge in [0.15, 0.2) is 9.84 Å². The number of rotatable bonds is 6. The maximum Gasteiger partial charge on any atom is 0.178 e. The molecular formula is C23H27NO3S. The standard InChI is InChI=1S/C23H27NO3S/c1-17-15-22(12-13-23(17)20-8-4-19(16-24)5-9-20)28(26,27)14-2-3-18-6-10-21(25)11-7-18/h4-5,8-9,12-13,15,18,21,25H,2-3,6-7,10-11,14H2,1H3. The van der Waals surface area contributed by atoms with E-state index in [1.54, 1.807) is 24.3 Å². The summed E-state index contributed by atoms with van der Waals surface area (Å²) in [7, 11) is -3.30. The van der Waals surface area contributed by atoms with Gasteiger partial charge in [0, 0.05) is 0 Å². The van der Waals surface area contributed by atoms with Crippen LogP contribution in [0.3, 0.4) is 0 Å². The molecule has 2 aromatic carbocycles. The van der Waals surface area contributed by atoms with Crippen LogP contribution in [0.25, 0.3) is 11.1 Å². The van der Waals surface area contributed by atoms with Crippen LogP contribution in [0, 0.1) is 24.2 Å². The fourth-order valence-corrected chi connectivity index (χ4v) is 5.41. The molecule has 1 aliphatic rings. The Labute approximate surface area is 167 Å². The minimum absolute atomic E-state index is 0.168. The quantitative estimate of drug-likeness (QED) is 0.770. The highest BCUT2D eigenvalue weighted by molar-refractivity contribution is 7.91. The Kier molecular flexibility index (Phi) is 6.53. The molecule has 1 N–H and O–H groups in total. The molecule has 0 heterocycles. The summed E-state index contributed by atoms with van der Waals surface area (Å²) in [4.78, 5) is 0.376. The lowest BCUT2D eigenvalue weighted by molar-refractivity contribution is 0.106. The molecule has 2 aromatic rings. The van der Waals surface area contributed by atoms with Gasteiger partial charge in [-0.3, -0.25) is 0 Å². The van der Waals surface area contributed by atoms with E-state index in [1.165, 1.54) is 0 Å². The zero-order valence-corrected chi connectivity index (χ0v) is 17.1. The van der Waals surface area contributed by atoms with E-state index < -0.39 is 9.84 Å². The predicted octanol–water partition coefficient (Wildman–Crippen LogP) is 4.64. The lowest BCUT2D eigenvalue weighted by Gasteiger charge is -2.25. The molecule has 148 valence electrons. The first-order valence-electron chi connectivity index (χ1n) is 9.91. The topological polar surface area (TPSA) is 78.2 Å². The van der Waals surface area contributed by atoms with Crippen molar-refractivity contribution in [1.29, 1.82) is 5.26 Å². The van der Waals surface area contributed by atoms with Crippen LogP contribution in [0.1, 0.15) is 49.7 Å². The summed E-state index contributed by atoms with van der Waals surface area (Å²) < 4.78 is 25.5. The summed E-state index contributed by atoms with van der Waals surface area (Å²) >= 11 is 0. The van der Waals surface area contributed by atoms with Gasteiger partial charge in [-0.25, -0.2) is 8.42 Å². The zero-order valence-electron chi connectivity index (χ0n) is 16.3. The molecule has 0 amide bonds. The molecule has 0 spiro atoms. The molecular weight excluding hydrogens is 370 g/mol. The normalized spacial score (nSPS) is 19.9. The van der Waals surface area contributed by atoms with Gasteiger partial charge in [-0.1, -0.05) is 18.2 Å². The van der Waals surface area contributed by atoms with Gasteiger partial charge in [-0.2, -0.15) is 5.26 Å². The Balaban J connectivity index is 1.65. The van der Waals surface area contributed by atoms with Crippen LogP contribution < -0.4 is 0 Å². The minimum atomic E-state index is -3.30. The van der Waals surface area contributed by atoms with E-state index in [1.807, 2.05) is 25.1 Å². The van der Waals surface area contributed by atoms with Crippen molar-refractivity contribution in [2.24, 2.45) is 5.92 Å². The Bertz CT molecular complexity index is 950. The van der Waals surface area contributed by atoms with E-state index in [2.05, 4.69) is 6.07 Å². The first-order valence-corrected chi connectivity index (χ1v) is 11.6. The molecule has 0 bridgehead atoms. The molecule has 0 unspecified atom stereocenters. The Morgan fingerprint density at radius 2 is 1.75 bits per heavy atom. The smallest absolute Gasteiger partial charge is 0.178 e. The Morgan fingerprint density at radius 1 is 1.07 bits per heavy atom. The fourth-order valence-electron chi connectivity index (χ4n) is 3.99. The molecule has 28 heavy (non-hydrogen) atoms. The third-order valence-corrected chi connectivity index (χ3v) is 7.52. The average Bonchev–Trinajstić information content (AvgIpc) is 2.69. The van der Waals surface area contributed by atoms with Crippen molar-refractivity contribution >= 4 is 9.84 Å². The van der Waals surface area contributed by atoms with E-state index in [4.69, 9.17) is 5.26 Å². The molecule has 1 saturated carbocycles. The number of benzene rings is 2. The molecule has 0 aromatic heterocycles. The monoisotopic (exact) mass is 397 g/mol. The lowest BCUT2D eigenvalue weighted by Crippen LogP contribution is -2.19. The third kappa shape index (κ3) is 5.01. The van der Waals surface area contributed by atoms with Gasteiger partial charge in [0.2, 0.25) is 0 Å². The fraction of sp³-hybridized carbons (Fsp3) is 0.435. The second kappa shape index (κ2) is 8.89. The van der Waals surface area contributed by atoms with Crippen LogP contribution in [0.15, 0.2) is 47.4 Å². The molecule has 0 saturated heterocycles. The number of hydrogen-bond acceptors (Lipinski definition) is 4. The van der Waals surface area contributed by atoms with Crippen LogP contribution in [0.4, 0.5) is 0 Å². The van der Waals surface area contributed by atoms with Crippen LogP contribution >= 0.6 is 0 Å². The summed E-state index contributed by atoms with van der Waals surface area (Å²) in [6.07, 6.45) is 5.09. The third-order valence-electron chi connectivity index (χ3n) is 5.72. The number of aliphatic hydroxyl groups excluding tert-OH is 1. The zero-order chi connectivity index (χ0) is 20.1.